The third-order valence-corrected chi connectivity index (χ3v) is 4.16. The minimum atomic E-state index is 0.177. The first-order valence-electron chi connectivity index (χ1n) is 6.64. The predicted molar refractivity (Wildman–Crippen MR) is 66.2 cm³/mol. The summed E-state index contributed by atoms with van der Waals surface area (Å²) in [5, 5.41) is 3.43. The van der Waals surface area contributed by atoms with Crippen molar-refractivity contribution in [1.82, 2.24) is 5.32 Å². The fourth-order valence-corrected chi connectivity index (χ4v) is 3.07. The van der Waals surface area contributed by atoms with Crippen molar-refractivity contribution < 1.29 is 9.15 Å². The van der Waals surface area contributed by atoms with Gasteiger partial charge in [-0.15, -0.1) is 0 Å². The Hall–Kier alpha value is -0.800. The Morgan fingerprint density at radius 2 is 2.06 bits per heavy atom. The Kier molecular flexibility index (Phi) is 2.97. The van der Waals surface area contributed by atoms with Gasteiger partial charge in [0.05, 0.1) is 18.6 Å². The molecular weight excluding hydrogens is 214 g/mol. The summed E-state index contributed by atoms with van der Waals surface area (Å²) in [6, 6.07) is 4.21. The maximum atomic E-state index is 5.84. The highest BCUT2D eigenvalue weighted by Crippen LogP contribution is 2.40. The monoisotopic (exact) mass is 235 g/mol. The van der Waals surface area contributed by atoms with Gasteiger partial charge in [-0.1, -0.05) is 0 Å². The summed E-state index contributed by atoms with van der Waals surface area (Å²) in [5.41, 5.74) is 0.177. The van der Waals surface area contributed by atoms with Crippen LogP contribution in [0, 0.1) is 12.8 Å². The van der Waals surface area contributed by atoms with E-state index in [1.165, 1.54) is 32.4 Å². The highest BCUT2D eigenvalue weighted by atomic mass is 16.5. The number of aryl methyl sites for hydroxylation is 1. The van der Waals surface area contributed by atoms with E-state index in [4.69, 9.17) is 9.15 Å². The number of furan rings is 1. The van der Waals surface area contributed by atoms with E-state index in [9.17, 15) is 0 Å². The molecule has 0 bridgehead atoms. The molecule has 2 fully saturated rings. The lowest BCUT2D eigenvalue weighted by molar-refractivity contribution is -0.0830. The van der Waals surface area contributed by atoms with Gasteiger partial charge >= 0.3 is 0 Å². The van der Waals surface area contributed by atoms with Crippen LogP contribution in [0.4, 0.5) is 0 Å². The van der Waals surface area contributed by atoms with Crippen molar-refractivity contribution in [3.05, 3.63) is 23.7 Å². The smallest absolute Gasteiger partial charge is 0.114 e. The molecule has 94 valence electrons. The summed E-state index contributed by atoms with van der Waals surface area (Å²) in [4.78, 5) is 0. The highest BCUT2D eigenvalue weighted by molar-refractivity contribution is 5.20. The summed E-state index contributed by atoms with van der Waals surface area (Å²) >= 11 is 0. The lowest BCUT2D eigenvalue weighted by Crippen LogP contribution is -2.48. The van der Waals surface area contributed by atoms with Crippen molar-refractivity contribution in [3.63, 3.8) is 0 Å². The molecule has 3 rings (SSSR count). The van der Waals surface area contributed by atoms with Crippen LogP contribution in [0.2, 0.25) is 0 Å². The molecule has 0 aliphatic carbocycles. The Balaban J connectivity index is 1.73. The molecule has 0 atom stereocenters. The zero-order valence-electron chi connectivity index (χ0n) is 10.5. The van der Waals surface area contributed by atoms with E-state index >= 15 is 0 Å². The third-order valence-electron chi connectivity index (χ3n) is 4.16. The fraction of sp³-hybridized carbons (Fsp3) is 0.714. The molecule has 1 aromatic heterocycles. The van der Waals surface area contributed by atoms with E-state index in [0.29, 0.717) is 0 Å². The molecule has 3 heteroatoms. The Labute approximate surface area is 103 Å². The molecule has 1 N–H and O–H groups in total. The van der Waals surface area contributed by atoms with Gasteiger partial charge in [-0.3, -0.25) is 0 Å². The maximum absolute atomic E-state index is 5.84. The van der Waals surface area contributed by atoms with Gasteiger partial charge in [0.15, 0.2) is 0 Å². The fourth-order valence-electron chi connectivity index (χ4n) is 3.07. The van der Waals surface area contributed by atoms with Gasteiger partial charge in [0, 0.05) is 0 Å². The molecule has 2 aliphatic rings. The normalized spacial score (nSPS) is 24.5. The summed E-state index contributed by atoms with van der Waals surface area (Å²) in [6.45, 7) is 6.02. The largest absolute Gasteiger partial charge is 0.466 e. The standard InChI is InChI=1S/C14H21NO2/c1-11-2-3-13(17-11)14(9-16-10-14)8-12-4-6-15-7-5-12/h2-3,12,15H,4-10H2,1H3. The van der Waals surface area contributed by atoms with Gasteiger partial charge in [-0.25, -0.2) is 0 Å². The second-order valence-corrected chi connectivity index (χ2v) is 5.58. The van der Waals surface area contributed by atoms with E-state index < -0.39 is 0 Å². The van der Waals surface area contributed by atoms with E-state index in [1.807, 2.05) is 6.92 Å². The molecule has 0 aromatic carbocycles. The highest BCUT2D eigenvalue weighted by Gasteiger charge is 2.44. The maximum Gasteiger partial charge on any atom is 0.114 e. The van der Waals surface area contributed by atoms with Crippen molar-refractivity contribution in [2.24, 2.45) is 5.92 Å². The second-order valence-electron chi connectivity index (χ2n) is 5.58. The average Bonchev–Trinajstić information content (AvgIpc) is 2.72. The molecule has 3 nitrogen and oxygen atoms in total. The molecule has 3 heterocycles. The second kappa shape index (κ2) is 4.46. The zero-order valence-corrected chi connectivity index (χ0v) is 10.5. The average molecular weight is 235 g/mol. The van der Waals surface area contributed by atoms with E-state index in [0.717, 1.165) is 30.7 Å². The lowest BCUT2D eigenvalue weighted by Gasteiger charge is -2.42. The first kappa shape index (κ1) is 11.3. The van der Waals surface area contributed by atoms with Crippen molar-refractivity contribution in [2.75, 3.05) is 26.3 Å². The Morgan fingerprint density at radius 3 is 2.59 bits per heavy atom. The van der Waals surface area contributed by atoms with Gasteiger partial charge in [-0.2, -0.15) is 0 Å². The van der Waals surface area contributed by atoms with Crippen molar-refractivity contribution in [1.29, 1.82) is 0 Å². The number of hydrogen-bond donors (Lipinski definition) is 1. The predicted octanol–water partition coefficient (Wildman–Crippen LogP) is 2.25. The number of rotatable bonds is 3. The Morgan fingerprint density at radius 1 is 1.29 bits per heavy atom. The first-order chi connectivity index (χ1) is 8.28. The number of piperidine rings is 1. The van der Waals surface area contributed by atoms with Crippen LogP contribution in [0.5, 0.6) is 0 Å². The molecule has 17 heavy (non-hydrogen) atoms. The van der Waals surface area contributed by atoms with Crippen molar-refractivity contribution in [2.45, 2.75) is 31.6 Å². The van der Waals surface area contributed by atoms with Crippen LogP contribution in [-0.2, 0) is 10.2 Å². The van der Waals surface area contributed by atoms with Gasteiger partial charge in [0.2, 0.25) is 0 Å². The number of nitrogens with one attached hydrogen (secondary N) is 1. The SMILES string of the molecule is Cc1ccc(C2(CC3CCNCC3)COC2)o1. The molecule has 2 saturated heterocycles. The molecular formula is C14H21NO2. The lowest BCUT2D eigenvalue weighted by atomic mass is 9.73. The van der Waals surface area contributed by atoms with Crippen molar-refractivity contribution in [3.8, 4) is 0 Å². The molecule has 0 saturated carbocycles. The van der Waals surface area contributed by atoms with Gasteiger partial charge in [0.25, 0.3) is 0 Å². The number of hydrogen-bond acceptors (Lipinski definition) is 3. The minimum absolute atomic E-state index is 0.177. The molecule has 0 amide bonds. The summed E-state index contributed by atoms with van der Waals surface area (Å²) in [6.07, 6.45) is 3.81. The van der Waals surface area contributed by atoms with Crippen LogP contribution in [0.25, 0.3) is 0 Å². The van der Waals surface area contributed by atoms with E-state index in [1.54, 1.807) is 0 Å². The van der Waals surface area contributed by atoms with Crippen LogP contribution < -0.4 is 5.32 Å². The molecule has 0 radical (unpaired) electrons. The van der Waals surface area contributed by atoms with Crippen LogP contribution in [-0.4, -0.2) is 26.3 Å². The van der Waals surface area contributed by atoms with E-state index in [2.05, 4.69) is 17.4 Å². The molecule has 1 aromatic rings. The minimum Gasteiger partial charge on any atom is -0.466 e. The first-order valence-corrected chi connectivity index (χ1v) is 6.64. The zero-order chi connectivity index (χ0) is 11.7. The molecule has 2 aliphatic heterocycles. The van der Waals surface area contributed by atoms with Gasteiger partial charge in [-0.05, 0) is 57.3 Å². The summed E-state index contributed by atoms with van der Waals surface area (Å²) < 4.78 is 11.3. The summed E-state index contributed by atoms with van der Waals surface area (Å²) in [5.74, 6) is 2.97. The van der Waals surface area contributed by atoms with Crippen LogP contribution in [0.3, 0.4) is 0 Å². The quantitative estimate of drug-likeness (QED) is 0.872. The summed E-state index contributed by atoms with van der Waals surface area (Å²) in [7, 11) is 0. The van der Waals surface area contributed by atoms with E-state index in [-0.39, 0.29) is 5.41 Å². The van der Waals surface area contributed by atoms with Crippen LogP contribution >= 0.6 is 0 Å². The molecule has 0 unspecified atom stereocenters. The molecule has 0 spiro atoms. The van der Waals surface area contributed by atoms with Gasteiger partial charge in [0.1, 0.15) is 11.5 Å². The van der Waals surface area contributed by atoms with Crippen LogP contribution in [0.15, 0.2) is 16.5 Å². The topological polar surface area (TPSA) is 34.4 Å². The third kappa shape index (κ3) is 2.14. The van der Waals surface area contributed by atoms with Crippen LogP contribution in [0.1, 0.15) is 30.8 Å². The number of ether oxygens (including phenoxy) is 1. The van der Waals surface area contributed by atoms with Gasteiger partial charge < -0.3 is 14.5 Å². The Bertz CT molecular complexity index is 375. The van der Waals surface area contributed by atoms with Crippen molar-refractivity contribution >= 4 is 0 Å².